The molecule has 1 aliphatic carbocycles. The van der Waals surface area contributed by atoms with Crippen LogP contribution in [-0.4, -0.2) is 39.6 Å². The minimum atomic E-state index is 0.119. The van der Waals surface area contributed by atoms with Gasteiger partial charge in [0.2, 0.25) is 29.1 Å². The molecule has 3 aromatic heterocycles. The van der Waals surface area contributed by atoms with E-state index in [0.717, 1.165) is 84.5 Å². The maximum absolute atomic E-state index is 9.49. The summed E-state index contributed by atoms with van der Waals surface area (Å²) in [5.41, 5.74) is 26.6. The van der Waals surface area contributed by atoms with Crippen molar-refractivity contribution in [2.75, 3.05) is 19.6 Å². The fourth-order valence-corrected chi connectivity index (χ4v) is 14.5. The Kier molecular flexibility index (Phi) is 20.9. The molecule has 0 unspecified atom stereocenters. The molecule has 13 nitrogen and oxygen atoms in total. The molecule has 0 saturated carbocycles. The summed E-state index contributed by atoms with van der Waals surface area (Å²) in [5.74, 6) is 2.90. The van der Waals surface area contributed by atoms with Crippen LogP contribution >= 0.6 is 11.6 Å². The van der Waals surface area contributed by atoms with Crippen LogP contribution in [0.3, 0.4) is 0 Å². The Morgan fingerprint density at radius 1 is 0.292 bits per heavy atom. The molecule has 1 aliphatic rings. The predicted molar refractivity (Wildman–Crippen MR) is 463 cm³/mol. The molecule has 0 fully saturated rings. The van der Waals surface area contributed by atoms with Crippen LogP contribution < -0.4 is 24.3 Å². The number of hydrogen-bond acceptors (Lipinski definition) is 12. The predicted octanol–water partition coefficient (Wildman–Crippen LogP) is 26.2. The number of phenolic OH excluding ortho intramolecular Hbond substituents is 1. The van der Waals surface area contributed by atoms with Crippen molar-refractivity contribution in [1.29, 1.82) is 0 Å². The first kappa shape index (κ1) is 73.2. The smallest absolute Gasteiger partial charge is 0.328 e. The molecule has 17 aromatic rings. The van der Waals surface area contributed by atoms with Gasteiger partial charge in [-0.15, -0.1) is 0 Å². The third kappa shape index (κ3) is 15.9. The van der Waals surface area contributed by atoms with Crippen LogP contribution in [-0.2, 0) is 0 Å². The highest BCUT2D eigenvalue weighted by Gasteiger charge is 2.30. The number of aromatic hydroxyl groups is 1. The van der Waals surface area contributed by atoms with Gasteiger partial charge in [-0.2, -0.15) is 29.9 Å². The monoisotopic (exact) mass is 1490 g/mol. The SMILES string of the molecule is Cc1ccc(N(c2ccc(C)cc2)c2nc(Cl)nc(N(c3ccc(C)cc3)c3ccc(C)cc3)n2)cc1.Cc1ccc(N(c2ccc(C)cc2)c2nc(Oc3ccc(-n4c5ccccc5c5ccccc54)cc3)nc(N(c3ccc(C)cc3)c3ccc(C)cc3)n2)cc1.Oc1ccc(C2c3ccccc3-c3ccccc32)cc1. The van der Waals surface area contributed by atoms with E-state index in [2.05, 4.69) is 373 Å². The van der Waals surface area contributed by atoms with Crippen molar-refractivity contribution in [3.63, 3.8) is 0 Å². The average Bonchev–Trinajstić information content (AvgIpc) is 1.61. The van der Waals surface area contributed by atoms with Gasteiger partial charge in [-0.3, -0.25) is 19.6 Å². The van der Waals surface area contributed by atoms with E-state index in [1.54, 1.807) is 12.1 Å². The van der Waals surface area contributed by atoms with Crippen LogP contribution in [0.2, 0.25) is 5.28 Å². The summed E-state index contributed by atoms with van der Waals surface area (Å²) in [6.07, 6.45) is 0. The lowest BCUT2D eigenvalue weighted by Crippen LogP contribution is -2.19. The second kappa shape index (κ2) is 32.3. The van der Waals surface area contributed by atoms with E-state index < -0.39 is 0 Å². The van der Waals surface area contributed by atoms with Crippen LogP contribution in [0, 0.1) is 55.4 Å². The minimum Gasteiger partial charge on any atom is -0.508 e. The maximum Gasteiger partial charge on any atom is 0.328 e. The highest BCUT2D eigenvalue weighted by Crippen LogP contribution is 2.49. The molecule has 18 rings (SSSR count). The molecule has 0 saturated heterocycles. The van der Waals surface area contributed by atoms with Crippen LogP contribution in [0.5, 0.6) is 17.5 Å². The van der Waals surface area contributed by atoms with Crippen LogP contribution in [0.15, 0.2) is 340 Å². The zero-order chi connectivity index (χ0) is 77.6. The molecule has 0 atom stereocenters. The van der Waals surface area contributed by atoms with Gasteiger partial charge in [0, 0.05) is 67.9 Å². The number of aryl methyl sites for hydroxylation is 8. The van der Waals surface area contributed by atoms with Crippen molar-refractivity contribution < 1.29 is 9.84 Å². The first-order chi connectivity index (χ1) is 55.1. The largest absolute Gasteiger partial charge is 0.508 e. The lowest BCUT2D eigenvalue weighted by molar-refractivity contribution is 0.440. The van der Waals surface area contributed by atoms with Gasteiger partial charge >= 0.3 is 6.01 Å². The molecule has 14 aromatic carbocycles. The highest BCUT2D eigenvalue weighted by atomic mass is 35.5. The zero-order valence-corrected chi connectivity index (χ0v) is 64.8. The fraction of sp³-hybridized carbons (Fsp3) is 0.0909. The summed E-state index contributed by atoms with van der Waals surface area (Å²) >= 11 is 6.57. The van der Waals surface area contributed by atoms with Gasteiger partial charge in [0.1, 0.15) is 11.5 Å². The molecule has 1 N–H and O–H groups in total. The fourth-order valence-electron chi connectivity index (χ4n) is 14.3. The van der Waals surface area contributed by atoms with Gasteiger partial charge in [-0.05, 0) is 240 Å². The molecule has 0 bridgehead atoms. The number of hydrogen-bond donors (Lipinski definition) is 1. The Balaban J connectivity index is 0.000000144. The second-order valence-electron chi connectivity index (χ2n) is 28.6. The number of nitrogens with zero attached hydrogens (tertiary/aromatic N) is 11. The van der Waals surface area contributed by atoms with E-state index in [1.165, 1.54) is 60.8 Å². The summed E-state index contributed by atoms with van der Waals surface area (Å²) < 4.78 is 8.89. The molecule has 3 heterocycles. The van der Waals surface area contributed by atoms with Crippen molar-refractivity contribution in [2.45, 2.75) is 61.3 Å². The number of ether oxygens (including phenoxy) is 1. The van der Waals surface area contributed by atoms with E-state index in [-0.39, 0.29) is 17.2 Å². The number of para-hydroxylation sites is 2. The summed E-state index contributed by atoms with van der Waals surface area (Å²) in [6, 6.07) is 117. The van der Waals surface area contributed by atoms with Gasteiger partial charge in [-0.25, -0.2) is 0 Å². The summed E-state index contributed by atoms with van der Waals surface area (Å²) in [4.78, 5) is 37.5. The maximum atomic E-state index is 9.49. The van der Waals surface area contributed by atoms with Crippen molar-refractivity contribution in [3.05, 3.63) is 406 Å². The first-order valence-electron chi connectivity index (χ1n) is 37.7. The number of halogens is 1. The molecule has 0 amide bonds. The molecule has 0 spiro atoms. The Bertz CT molecular complexity index is 5680. The van der Waals surface area contributed by atoms with E-state index in [9.17, 15) is 5.11 Å². The van der Waals surface area contributed by atoms with Crippen molar-refractivity contribution in [3.8, 4) is 34.3 Å². The van der Waals surface area contributed by atoms with E-state index in [0.29, 0.717) is 35.3 Å². The number of benzene rings is 14. The molecule has 113 heavy (non-hydrogen) atoms. The Hall–Kier alpha value is -14.0. The highest BCUT2D eigenvalue weighted by molar-refractivity contribution is 6.28. The van der Waals surface area contributed by atoms with Crippen molar-refractivity contribution >= 4 is 103 Å². The van der Waals surface area contributed by atoms with Gasteiger partial charge in [-0.1, -0.05) is 239 Å². The third-order valence-electron chi connectivity index (χ3n) is 20.3. The molecular weight excluding hydrogens is 1410 g/mol. The summed E-state index contributed by atoms with van der Waals surface area (Å²) in [7, 11) is 0. The molecule has 0 radical (unpaired) electrons. The topological polar surface area (TPSA) is 125 Å². The Morgan fingerprint density at radius 2 is 0.566 bits per heavy atom. The Morgan fingerprint density at radius 3 is 0.876 bits per heavy atom. The van der Waals surface area contributed by atoms with Gasteiger partial charge in [0.05, 0.1) is 11.0 Å². The molecular formula is C99H82ClN11O2. The van der Waals surface area contributed by atoms with Crippen molar-refractivity contribution in [1.82, 2.24) is 34.5 Å². The van der Waals surface area contributed by atoms with E-state index in [1.807, 2.05) is 43.9 Å². The zero-order valence-electron chi connectivity index (χ0n) is 64.1. The molecule has 0 aliphatic heterocycles. The Labute approximate surface area is 664 Å². The molecule has 14 heteroatoms. The average molecular weight is 1490 g/mol. The summed E-state index contributed by atoms with van der Waals surface area (Å²) in [6.45, 7) is 16.6. The lowest BCUT2D eigenvalue weighted by atomic mass is 9.89. The standard InChI is InChI=1S/C49H40N6O.C31H28ClN5.C19H14O/c1-33-13-21-37(22-14-33)53(38-23-15-34(2)16-24-38)47-50-48(54(39-25-17-35(3)18-26-39)40-27-19-36(4)20-28-40)52-49(51-47)56-42-31-29-41(30-32-42)55-45-11-7-5-9-43(45)44-10-6-8-12-46(44)55;1-21-5-13-25(14-6-21)36(26-15-7-22(2)8-16-26)30-33-29(32)34-31(35-30)37(27-17-9-23(3)10-18-27)28-19-11-24(4)12-20-28;20-14-11-9-13(10-12-14)19-17-7-3-1-5-15(17)16-6-2-4-8-18(16)19/h5-32H,1-4H3;5-20H,1-4H3;1-12,19-20H. The summed E-state index contributed by atoms with van der Waals surface area (Å²) in [5, 5.41) is 12.0. The number of anilines is 12. The van der Waals surface area contributed by atoms with Gasteiger partial charge in [0.15, 0.2) is 0 Å². The quantitative estimate of drug-likeness (QED) is 0.0990. The number of aromatic nitrogens is 7. The number of rotatable bonds is 16. The van der Waals surface area contributed by atoms with E-state index in [4.69, 9.17) is 36.3 Å². The third-order valence-corrected chi connectivity index (χ3v) is 20.4. The van der Waals surface area contributed by atoms with Gasteiger partial charge < -0.3 is 14.4 Å². The number of fused-ring (bicyclic) bond motifs is 6. The molecule has 552 valence electrons. The lowest BCUT2D eigenvalue weighted by Gasteiger charge is -2.27. The van der Waals surface area contributed by atoms with Gasteiger partial charge in [0.25, 0.3) is 0 Å². The van der Waals surface area contributed by atoms with Crippen LogP contribution in [0.1, 0.15) is 67.1 Å². The van der Waals surface area contributed by atoms with E-state index >= 15 is 0 Å². The normalized spacial score (nSPS) is 11.4. The van der Waals surface area contributed by atoms with Crippen molar-refractivity contribution in [2.24, 2.45) is 0 Å². The number of phenols is 1. The first-order valence-corrected chi connectivity index (χ1v) is 38.1. The minimum absolute atomic E-state index is 0.119. The second-order valence-corrected chi connectivity index (χ2v) is 29.0. The van der Waals surface area contributed by atoms with Crippen LogP contribution in [0.4, 0.5) is 69.3 Å². The van der Waals surface area contributed by atoms with Crippen LogP contribution in [0.25, 0.3) is 38.6 Å².